The molecule has 1 heterocycles. The summed E-state index contributed by atoms with van der Waals surface area (Å²) < 4.78 is 100. The standard InChI is InChI=1S/C32H30F5NO6S/c33-23-10-14-25(15-11-23)45(42,43)31(16-17-38(19-31)29(39)20-4-6-21(7-5-20)30(40)41)22-8-12-24(13-9-22)44-18-26-27(32(35,36)37)2-1-3-28(26)34/h1-3,8-15,20-21H,4-7,16-19H2,(H,40,41)/t20?,21?,31-/m0/s1. The highest BCUT2D eigenvalue weighted by Crippen LogP contribution is 2.45. The second-order valence-electron chi connectivity index (χ2n) is 11.4. The van der Waals surface area contributed by atoms with E-state index < -0.39 is 67.9 Å². The summed E-state index contributed by atoms with van der Waals surface area (Å²) >= 11 is 0. The molecular formula is C32H30F5NO6S. The van der Waals surface area contributed by atoms with Crippen LogP contribution in [0.15, 0.2) is 71.6 Å². The number of rotatable bonds is 8. The van der Waals surface area contributed by atoms with Crippen LogP contribution in [-0.2, 0) is 37.0 Å². The first-order valence-corrected chi connectivity index (χ1v) is 15.8. The lowest BCUT2D eigenvalue weighted by atomic mass is 9.81. The Morgan fingerprint density at radius 2 is 1.53 bits per heavy atom. The van der Waals surface area contributed by atoms with Crippen molar-refractivity contribution in [1.29, 1.82) is 0 Å². The second kappa shape index (κ2) is 12.4. The lowest BCUT2D eigenvalue weighted by Gasteiger charge is -2.32. The normalized spacial score (nSPS) is 22.3. The zero-order chi connectivity index (χ0) is 32.6. The number of sulfone groups is 1. The number of ether oxygens (including phenoxy) is 1. The molecule has 2 fully saturated rings. The third kappa shape index (κ3) is 6.40. The van der Waals surface area contributed by atoms with Gasteiger partial charge in [-0.05, 0) is 86.2 Å². The highest BCUT2D eigenvalue weighted by atomic mass is 32.2. The first-order valence-electron chi connectivity index (χ1n) is 14.3. The minimum Gasteiger partial charge on any atom is -0.489 e. The number of likely N-dealkylation sites (tertiary alicyclic amines) is 1. The number of alkyl halides is 3. The van der Waals surface area contributed by atoms with E-state index in [0.29, 0.717) is 25.7 Å². The van der Waals surface area contributed by atoms with Gasteiger partial charge in [0.15, 0.2) is 9.84 Å². The molecule has 1 atom stereocenters. The van der Waals surface area contributed by atoms with Crippen LogP contribution in [0, 0.1) is 23.5 Å². The fraction of sp³-hybridized carbons (Fsp3) is 0.375. The molecule has 0 radical (unpaired) electrons. The van der Waals surface area contributed by atoms with Gasteiger partial charge in [0.25, 0.3) is 0 Å². The van der Waals surface area contributed by atoms with E-state index in [-0.39, 0.29) is 41.6 Å². The Hall–Kier alpha value is -4.00. The first kappa shape index (κ1) is 32.4. The van der Waals surface area contributed by atoms with E-state index in [1.807, 2.05) is 0 Å². The van der Waals surface area contributed by atoms with Gasteiger partial charge in [-0.15, -0.1) is 0 Å². The Labute approximate surface area is 256 Å². The molecule has 1 N–H and O–H groups in total. The van der Waals surface area contributed by atoms with Crippen LogP contribution in [0.2, 0.25) is 0 Å². The summed E-state index contributed by atoms with van der Waals surface area (Å²) in [7, 11) is -4.24. The Kier molecular flexibility index (Phi) is 8.94. The maximum absolute atomic E-state index is 14.3. The smallest absolute Gasteiger partial charge is 0.416 e. The fourth-order valence-corrected chi connectivity index (χ4v) is 8.32. The lowest BCUT2D eigenvalue weighted by Crippen LogP contribution is -2.42. The summed E-state index contributed by atoms with van der Waals surface area (Å²) in [5.41, 5.74) is -1.56. The van der Waals surface area contributed by atoms with Crippen molar-refractivity contribution >= 4 is 21.7 Å². The number of nitrogens with zero attached hydrogens (tertiary/aromatic N) is 1. The van der Waals surface area contributed by atoms with Crippen molar-refractivity contribution in [2.24, 2.45) is 11.8 Å². The van der Waals surface area contributed by atoms with Crippen LogP contribution in [0.1, 0.15) is 48.8 Å². The summed E-state index contributed by atoms with van der Waals surface area (Å²) in [5, 5.41) is 9.30. The predicted molar refractivity (Wildman–Crippen MR) is 152 cm³/mol. The minimum absolute atomic E-state index is 0.00724. The van der Waals surface area contributed by atoms with E-state index >= 15 is 0 Å². The number of amides is 1. The summed E-state index contributed by atoms with van der Waals surface area (Å²) in [6.45, 7) is -0.842. The first-order chi connectivity index (χ1) is 21.2. The van der Waals surface area contributed by atoms with Crippen LogP contribution < -0.4 is 4.74 Å². The molecule has 240 valence electrons. The summed E-state index contributed by atoms with van der Waals surface area (Å²) in [6, 6.07) is 12.5. The minimum atomic E-state index is -4.80. The molecule has 0 aromatic heterocycles. The molecule has 7 nitrogen and oxygen atoms in total. The third-order valence-electron chi connectivity index (χ3n) is 8.80. The molecule has 1 saturated carbocycles. The maximum atomic E-state index is 14.3. The monoisotopic (exact) mass is 651 g/mol. The van der Waals surface area contributed by atoms with Crippen LogP contribution in [0.5, 0.6) is 5.75 Å². The van der Waals surface area contributed by atoms with E-state index in [1.165, 1.54) is 29.2 Å². The van der Waals surface area contributed by atoms with Crippen LogP contribution >= 0.6 is 0 Å². The zero-order valence-electron chi connectivity index (χ0n) is 23.9. The Bertz CT molecular complexity index is 1670. The van der Waals surface area contributed by atoms with Gasteiger partial charge in [-0.2, -0.15) is 13.2 Å². The lowest BCUT2D eigenvalue weighted by molar-refractivity contribution is -0.145. The number of halogens is 5. The van der Waals surface area contributed by atoms with E-state index in [1.54, 1.807) is 0 Å². The number of carboxylic acids is 1. The van der Waals surface area contributed by atoms with Crippen molar-refractivity contribution in [3.8, 4) is 5.75 Å². The summed E-state index contributed by atoms with van der Waals surface area (Å²) in [5.74, 6) is -3.80. The Morgan fingerprint density at radius 1 is 0.911 bits per heavy atom. The van der Waals surface area contributed by atoms with Gasteiger partial charge >= 0.3 is 12.1 Å². The Balaban J connectivity index is 1.42. The quantitative estimate of drug-likeness (QED) is 0.225. The molecule has 0 spiro atoms. The van der Waals surface area contributed by atoms with Gasteiger partial charge in [-0.1, -0.05) is 18.2 Å². The van der Waals surface area contributed by atoms with Crippen molar-refractivity contribution in [1.82, 2.24) is 4.90 Å². The van der Waals surface area contributed by atoms with Gasteiger partial charge < -0.3 is 14.7 Å². The van der Waals surface area contributed by atoms with E-state index in [4.69, 9.17) is 4.74 Å². The van der Waals surface area contributed by atoms with Crippen LogP contribution in [0.25, 0.3) is 0 Å². The van der Waals surface area contributed by atoms with Crippen molar-refractivity contribution < 1.29 is 49.8 Å². The summed E-state index contributed by atoms with van der Waals surface area (Å²) in [6.07, 6.45) is -3.36. The highest BCUT2D eigenvalue weighted by Gasteiger charge is 2.52. The number of carboxylic acid groups (broad SMARTS) is 1. The van der Waals surface area contributed by atoms with E-state index in [0.717, 1.165) is 42.5 Å². The van der Waals surface area contributed by atoms with Crippen LogP contribution in [0.3, 0.4) is 0 Å². The topological polar surface area (TPSA) is 101 Å². The SMILES string of the molecule is O=C(O)C1CCC(C(=O)N2CC[C@](c3ccc(OCc4c(F)cccc4C(F)(F)F)cc3)(S(=O)(=O)c3ccc(F)cc3)C2)CC1. The van der Waals surface area contributed by atoms with Crippen molar-refractivity contribution in [2.45, 2.75) is 54.5 Å². The molecule has 1 aliphatic carbocycles. The van der Waals surface area contributed by atoms with Gasteiger partial charge in [0.05, 0.1) is 16.4 Å². The van der Waals surface area contributed by atoms with Crippen LogP contribution in [-0.4, -0.2) is 43.4 Å². The number of aliphatic carboxylic acids is 1. The van der Waals surface area contributed by atoms with Crippen LogP contribution in [0.4, 0.5) is 22.0 Å². The predicted octanol–water partition coefficient (Wildman–Crippen LogP) is 6.36. The molecule has 1 saturated heterocycles. The maximum Gasteiger partial charge on any atom is 0.416 e. The number of carbonyl (C=O) groups is 2. The second-order valence-corrected chi connectivity index (χ2v) is 13.7. The molecule has 45 heavy (non-hydrogen) atoms. The van der Waals surface area contributed by atoms with Crippen molar-refractivity contribution in [3.05, 3.63) is 95.1 Å². The van der Waals surface area contributed by atoms with Gasteiger partial charge in [-0.3, -0.25) is 9.59 Å². The molecule has 3 aromatic carbocycles. The average molecular weight is 652 g/mol. The van der Waals surface area contributed by atoms with Crippen molar-refractivity contribution in [3.63, 3.8) is 0 Å². The molecule has 3 aromatic rings. The van der Waals surface area contributed by atoms with Gasteiger partial charge in [0.1, 0.15) is 28.7 Å². The number of carbonyl (C=O) groups excluding carboxylic acids is 1. The number of hydrogen-bond donors (Lipinski definition) is 1. The molecule has 1 aliphatic heterocycles. The molecule has 5 rings (SSSR count). The van der Waals surface area contributed by atoms with Gasteiger partial charge in [0, 0.05) is 24.6 Å². The molecule has 0 bridgehead atoms. The molecule has 1 amide bonds. The largest absolute Gasteiger partial charge is 0.489 e. The number of benzene rings is 3. The highest BCUT2D eigenvalue weighted by molar-refractivity contribution is 7.92. The number of hydrogen-bond acceptors (Lipinski definition) is 5. The van der Waals surface area contributed by atoms with Gasteiger partial charge in [0.2, 0.25) is 5.91 Å². The third-order valence-corrected chi connectivity index (χ3v) is 11.3. The summed E-state index contributed by atoms with van der Waals surface area (Å²) in [4.78, 5) is 26.2. The van der Waals surface area contributed by atoms with Gasteiger partial charge in [-0.25, -0.2) is 17.2 Å². The Morgan fingerprint density at radius 3 is 2.13 bits per heavy atom. The molecule has 13 heteroatoms. The van der Waals surface area contributed by atoms with E-state index in [9.17, 15) is 45.1 Å². The molecule has 2 aliphatic rings. The average Bonchev–Trinajstić information content (AvgIpc) is 3.47. The van der Waals surface area contributed by atoms with E-state index in [2.05, 4.69) is 0 Å². The zero-order valence-corrected chi connectivity index (χ0v) is 24.7. The molecule has 0 unspecified atom stereocenters. The van der Waals surface area contributed by atoms with Crippen molar-refractivity contribution in [2.75, 3.05) is 13.1 Å². The molecular weight excluding hydrogens is 621 g/mol. The fourth-order valence-electron chi connectivity index (χ4n) is 6.25.